The Morgan fingerprint density at radius 2 is 1.43 bits per heavy atom. The zero-order chi connectivity index (χ0) is 10.2. The van der Waals surface area contributed by atoms with Gasteiger partial charge in [0, 0.05) is 16.7 Å². The van der Waals surface area contributed by atoms with Crippen LogP contribution in [0.3, 0.4) is 0 Å². The highest BCUT2D eigenvalue weighted by Gasteiger charge is 1.96. The van der Waals surface area contributed by atoms with Crippen molar-refractivity contribution in [2.75, 3.05) is 23.9 Å². The van der Waals surface area contributed by atoms with E-state index in [1.54, 1.807) is 0 Å². The summed E-state index contributed by atoms with van der Waals surface area (Å²) in [4.78, 5) is 0. The Kier molecular flexibility index (Phi) is 6.03. The van der Waals surface area contributed by atoms with Gasteiger partial charge in [0.1, 0.15) is 11.5 Å². The summed E-state index contributed by atoms with van der Waals surface area (Å²) in [6.45, 7) is 1.34. The van der Waals surface area contributed by atoms with Gasteiger partial charge in [-0.1, -0.05) is 37.9 Å². The Morgan fingerprint density at radius 1 is 0.929 bits per heavy atom. The van der Waals surface area contributed by atoms with Crippen LogP contribution in [0.4, 0.5) is 0 Å². The number of hydrogen-bond acceptors (Lipinski definition) is 2. The molecule has 1 aromatic rings. The molecular formula is C10H12Br2O2. The van der Waals surface area contributed by atoms with Crippen molar-refractivity contribution in [2.45, 2.75) is 0 Å². The van der Waals surface area contributed by atoms with Crippen LogP contribution < -0.4 is 9.47 Å². The fraction of sp³-hybridized carbons (Fsp3) is 0.400. The summed E-state index contributed by atoms with van der Waals surface area (Å²) in [5.74, 6) is 1.69. The van der Waals surface area contributed by atoms with Crippen LogP contribution in [0.15, 0.2) is 24.3 Å². The molecule has 0 amide bonds. The lowest BCUT2D eigenvalue weighted by atomic mass is 10.3. The molecule has 0 saturated heterocycles. The van der Waals surface area contributed by atoms with Crippen molar-refractivity contribution in [1.29, 1.82) is 0 Å². The minimum absolute atomic E-state index is 0.669. The topological polar surface area (TPSA) is 18.5 Å². The van der Waals surface area contributed by atoms with Crippen molar-refractivity contribution in [3.63, 3.8) is 0 Å². The molecule has 0 spiro atoms. The molecule has 0 bridgehead atoms. The van der Waals surface area contributed by atoms with Gasteiger partial charge in [0.05, 0.1) is 13.2 Å². The van der Waals surface area contributed by atoms with E-state index in [0.717, 1.165) is 22.2 Å². The third-order valence-electron chi connectivity index (χ3n) is 1.50. The van der Waals surface area contributed by atoms with Crippen molar-refractivity contribution >= 4 is 31.9 Å². The van der Waals surface area contributed by atoms with Crippen molar-refractivity contribution in [3.05, 3.63) is 24.3 Å². The highest BCUT2D eigenvalue weighted by atomic mass is 79.9. The van der Waals surface area contributed by atoms with Crippen LogP contribution in [-0.4, -0.2) is 23.9 Å². The fourth-order valence-electron chi connectivity index (χ4n) is 0.967. The van der Waals surface area contributed by atoms with E-state index >= 15 is 0 Å². The molecule has 78 valence electrons. The third kappa shape index (κ3) is 4.33. The van der Waals surface area contributed by atoms with Gasteiger partial charge in [0.15, 0.2) is 0 Å². The first-order valence-corrected chi connectivity index (χ1v) is 6.58. The Hall–Kier alpha value is -0.220. The van der Waals surface area contributed by atoms with E-state index in [1.807, 2.05) is 24.3 Å². The predicted molar refractivity (Wildman–Crippen MR) is 65.0 cm³/mol. The molecule has 0 saturated carbocycles. The second-order valence-electron chi connectivity index (χ2n) is 2.55. The van der Waals surface area contributed by atoms with Crippen molar-refractivity contribution in [1.82, 2.24) is 0 Å². The van der Waals surface area contributed by atoms with E-state index in [9.17, 15) is 0 Å². The maximum Gasteiger partial charge on any atom is 0.123 e. The Bertz CT molecular complexity index is 243. The molecule has 14 heavy (non-hydrogen) atoms. The van der Waals surface area contributed by atoms with Gasteiger partial charge >= 0.3 is 0 Å². The van der Waals surface area contributed by atoms with Crippen molar-refractivity contribution in [3.8, 4) is 11.5 Å². The predicted octanol–water partition coefficient (Wildman–Crippen LogP) is 3.23. The van der Waals surface area contributed by atoms with Crippen LogP contribution >= 0.6 is 31.9 Å². The molecule has 0 radical (unpaired) electrons. The van der Waals surface area contributed by atoms with Crippen LogP contribution in [-0.2, 0) is 0 Å². The number of alkyl halides is 2. The van der Waals surface area contributed by atoms with Gasteiger partial charge in [0.25, 0.3) is 0 Å². The quantitative estimate of drug-likeness (QED) is 0.748. The first-order chi connectivity index (χ1) is 6.86. The molecule has 0 aliphatic heterocycles. The lowest BCUT2D eigenvalue weighted by Crippen LogP contribution is -2.00. The zero-order valence-electron chi connectivity index (χ0n) is 7.71. The summed E-state index contributed by atoms with van der Waals surface area (Å²) in [5, 5.41) is 1.67. The summed E-state index contributed by atoms with van der Waals surface area (Å²) < 4.78 is 10.9. The first-order valence-electron chi connectivity index (χ1n) is 4.34. The molecule has 0 unspecified atom stereocenters. The fourth-order valence-corrected chi connectivity index (χ4v) is 1.29. The summed E-state index contributed by atoms with van der Waals surface area (Å²) in [6, 6.07) is 7.66. The van der Waals surface area contributed by atoms with Gasteiger partial charge in [-0.2, -0.15) is 0 Å². The SMILES string of the molecule is BrCCOc1cccc(OCCBr)c1. The second-order valence-corrected chi connectivity index (χ2v) is 4.14. The van der Waals surface area contributed by atoms with E-state index < -0.39 is 0 Å². The smallest absolute Gasteiger partial charge is 0.123 e. The molecule has 0 aliphatic rings. The molecule has 0 N–H and O–H groups in total. The highest BCUT2D eigenvalue weighted by Crippen LogP contribution is 2.19. The maximum absolute atomic E-state index is 5.44. The third-order valence-corrected chi connectivity index (χ3v) is 2.14. The van der Waals surface area contributed by atoms with Crippen LogP contribution in [0.25, 0.3) is 0 Å². The van der Waals surface area contributed by atoms with Gasteiger partial charge in [-0.05, 0) is 12.1 Å². The minimum atomic E-state index is 0.669. The molecule has 1 aromatic carbocycles. The Morgan fingerprint density at radius 3 is 1.86 bits per heavy atom. The van der Waals surface area contributed by atoms with Crippen LogP contribution in [0.1, 0.15) is 0 Å². The average molecular weight is 324 g/mol. The minimum Gasteiger partial charge on any atom is -0.493 e. The van der Waals surface area contributed by atoms with E-state index in [-0.39, 0.29) is 0 Å². The number of halogens is 2. The summed E-state index contributed by atoms with van der Waals surface area (Å²) in [6.07, 6.45) is 0. The van der Waals surface area contributed by atoms with Crippen LogP contribution in [0, 0.1) is 0 Å². The molecule has 0 heterocycles. The Balaban J connectivity index is 2.50. The summed E-state index contributed by atoms with van der Waals surface area (Å²) >= 11 is 6.61. The van der Waals surface area contributed by atoms with Crippen molar-refractivity contribution < 1.29 is 9.47 Å². The zero-order valence-corrected chi connectivity index (χ0v) is 10.9. The van der Waals surface area contributed by atoms with Crippen LogP contribution in [0.5, 0.6) is 11.5 Å². The average Bonchev–Trinajstić information content (AvgIpc) is 2.24. The van der Waals surface area contributed by atoms with E-state index in [2.05, 4.69) is 31.9 Å². The number of hydrogen-bond donors (Lipinski definition) is 0. The first kappa shape index (κ1) is 11.9. The molecule has 0 aromatic heterocycles. The molecule has 0 atom stereocenters. The molecule has 1 rings (SSSR count). The van der Waals surface area contributed by atoms with Crippen molar-refractivity contribution in [2.24, 2.45) is 0 Å². The largest absolute Gasteiger partial charge is 0.493 e. The second kappa shape index (κ2) is 7.12. The molecule has 4 heteroatoms. The number of rotatable bonds is 6. The standard InChI is InChI=1S/C10H12Br2O2/c11-4-6-13-9-2-1-3-10(8-9)14-7-5-12/h1-3,8H,4-7H2. The Labute approximate surface area is 101 Å². The number of benzene rings is 1. The normalized spacial score (nSPS) is 9.86. The van der Waals surface area contributed by atoms with Gasteiger partial charge in [-0.15, -0.1) is 0 Å². The summed E-state index contributed by atoms with van der Waals surface area (Å²) in [5.41, 5.74) is 0. The van der Waals surface area contributed by atoms with Crippen LogP contribution in [0.2, 0.25) is 0 Å². The van der Waals surface area contributed by atoms with E-state index in [1.165, 1.54) is 0 Å². The van der Waals surface area contributed by atoms with Gasteiger partial charge in [-0.25, -0.2) is 0 Å². The lowest BCUT2D eigenvalue weighted by molar-refractivity contribution is 0.327. The van der Waals surface area contributed by atoms with E-state index in [0.29, 0.717) is 13.2 Å². The molecule has 2 nitrogen and oxygen atoms in total. The maximum atomic E-state index is 5.44. The molecule has 0 aliphatic carbocycles. The van der Waals surface area contributed by atoms with Gasteiger partial charge in [0.2, 0.25) is 0 Å². The number of ether oxygens (including phenoxy) is 2. The van der Waals surface area contributed by atoms with E-state index in [4.69, 9.17) is 9.47 Å². The molecule has 0 fully saturated rings. The highest BCUT2D eigenvalue weighted by molar-refractivity contribution is 9.09. The monoisotopic (exact) mass is 322 g/mol. The lowest BCUT2D eigenvalue weighted by Gasteiger charge is -2.07. The van der Waals surface area contributed by atoms with Gasteiger partial charge < -0.3 is 9.47 Å². The van der Waals surface area contributed by atoms with Gasteiger partial charge in [-0.3, -0.25) is 0 Å². The molecular weight excluding hydrogens is 312 g/mol. The summed E-state index contributed by atoms with van der Waals surface area (Å²) in [7, 11) is 0.